The largest absolute Gasteiger partial charge is 0.449 e. The maximum atomic E-state index is 12.0. The third-order valence-electron chi connectivity index (χ3n) is 1.61. The Kier molecular flexibility index (Phi) is 10.2. The molecule has 18 heavy (non-hydrogen) atoms. The van der Waals surface area contributed by atoms with Crippen LogP contribution in [0.25, 0.3) is 0 Å². The summed E-state index contributed by atoms with van der Waals surface area (Å²) in [4.78, 5) is 2.86. The molecule has 0 radical (unpaired) electrons. The maximum Gasteiger partial charge on any atom is 0.449 e. The fourth-order valence-corrected chi connectivity index (χ4v) is 0.774. The van der Waals surface area contributed by atoms with Gasteiger partial charge in [0.25, 0.3) is 0 Å². The molecule has 0 fully saturated rings. The molecule has 6 N–H and O–H groups in total. The second kappa shape index (κ2) is 9.66. The summed E-state index contributed by atoms with van der Waals surface area (Å²) >= 11 is 0. The second-order valence-electron chi connectivity index (χ2n) is 2.97. The number of halogens is 3. The molecule has 0 aromatic rings. The summed E-state index contributed by atoms with van der Waals surface area (Å²) in [6.45, 7) is 4.85. The molecule has 0 saturated carbocycles. The van der Waals surface area contributed by atoms with E-state index in [-0.39, 0.29) is 6.54 Å². The lowest BCUT2D eigenvalue weighted by Crippen LogP contribution is -2.40. The van der Waals surface area contributed by atoms with Crippen molar-refractivity contribution in [1.29, 1.82) is 5.41 Å². The van der Waals surface area contributed by atoms with Gasteiger partial charge in [0.1, 0.15) is 0 Å². The number of hydrogen-bond donors (Lipinski definition) is 4. The van der Waals surface area contributed by atoms with Crippen LogP contribution in [0.15, 0.2) is 4.99 Å². The number of nitrogens with one attached hydrogen (secondary N) is 2. The topological polar surface area (TPSA) is 104 Å². The van der Waals surface area contributed by atoms with E-state index in [0.717, 1.165) is 5.01 Å². The van der Waals surface area contributed by atoms with Gasteiger partial charge in [-0.3, -0.25) is 10.4 Å². The second-order valence-corrected chi connectivity index (χ2v) is 2.97. The molecule has 0 unspecified atom stereocenters. The molecule has 108 valence electrons. The van der Waals surface area contributed by atoms with Gasteiger partial charge in [-0.1, -0.05) is 13.8 Å². The average molecular weight is 270 g/mol. The van der Waals surface area contributed by atoms with E-state index >= 15 is 0 Å². The molecular weight excluding hydrogens is 249 g/mol. The van der Waals surface area contributed by atoms with Crippen LogP contribution >= 0.6 is 0 Å². The maximum absolute atomic E-state index is 12.0. The number of nitrogens with two attached hydrogens (primary N) is 2. The highest BCUT2D eigenvalue weighted by Crippen LogP contribution is 2.14. The molecule has 0 aliphatic heterocycles. The first-order valence-electron chi connectivity index (χ1n) is 5.45. The smallest absolute Gasteiger partial charge is 0.379 e. The quantitative estimate of drug-likeness (QED) is 0.198. The third kappa shape index (κ3) is 8.76. The Hall–Kier alpha value is -1.35. The van der Waals surface area contributed by atoms with E-state index < -0.39 is 18.0 Å². The van der Waals surface area contributed by atoms with Gasteiger partial charge in [-0.15, -0.1) is 0 Å². The van der Waals surface area contributed by atoms with E-state index in [1.165, 1.54) is 0 Å². The van der Waals surface area contributed by atoms with E-state index in [2.05, 4.69) is 16.0 Å². The van der Waals surface area contributed by atoms with Crippen LogP contribution in [0.2, 0.25) is 0 Å². The molecule has 0 aliphatic carbocycles. The Morgan fingerprint density at radius 1 is 1.39 bits per heavy atom. The highest BCUT2D eigenvalue weighted by Gasteiger charge is 2.34. The Morgan fingerprint density at radius 2 is 1.89 bits per heavy atom. The highest BCUT2D eigenvalue weighted by atomic mass is 19.4. The summed E-state index contributed by atoms with van der Waals surface area (Å²) in [6, 6.07) is 0. The molecule has 6 nitrogen and oxygen atoms in total. The normalized spacial score (nSPS) is 11.6. The van der Waals surface area contributed by atoms with Crippen LogP contribution in [-0.4, -0.2) is 43.1 Å². The number of rotatable bonds is 4. The first-order chi connectivity index (χ1) is 8.29. The molecule has 0 aliphatic rings. The summed E-state index contributed by atoms with van der Waals surface area (Å²) in [7, 11) is 1.73. The summed E-state index contributed by atoms with van der Waals surface area (Å²) in [6.07, 6.45) is -4.16. The van der Waals surface area contributed by atoms with Crippen molar-refractivity contribution in [2.45, 2.75) is 26.4 Å². The molecule has 0 aromatic carbocycles. The Bertz CT molecular complexity index is 264. The van der Waals surface area contributed by atoms with Gasteiger partial charge in [0.2, 0.25) is 11.8 Å². The Labute approximate surface area is 105 Å². The van der Waals surface area contributed by atoms with E-state index in [1.54, 1.807) is 7.05 Å². The summed E-state index contributed by atoms with van der Waals surface area (Å²) in [5.74, 6) is 3.00. The van der Waals surface area contributed by atoms with E-state index in [1.807, 2.05) is 13.8 Å². The number of hydrogen-bond acceptors (Lipinski definition) is 3. The monoisotopic (exact) mass is 270 g/mol. The number of amidine groups is 1. The van der Waals surface area contributed by atoms with Crippen LogP contribution in [0.4, 0.5) is 13.2 Å². The standard InChI is InChI=1S/C7H15F3N6.C2H6/c1-14-3-2-4-16(13)6(12)15-5(11)7(8,9)10;1-2/h14H,2-4,13H2,1H3,(H3,11,12,15);1-2H3. The summed E-state index contributed by atoms with van der Waals surface area (Å²) in [5, 5.41) is 10.8. The lowest BCUT2D eigenvalue weighted by molar-refractivity contribution is -0.0597. The van der Waals surface area contributed by atoms with E-state index in [9.17, 15) is 13.2 Å². The summed E-state index contributed by atoms with van der Waals surface area (Å²) in [5.41, 5.74) is 4.63. The highest BCUT2D eigenvalue weighted by molar-refractivity contribution is 5.96. The Balaban J connectivity index is 0. The van der Waals surface area contributed by atoms with Crippen molar-refractivity contribution in [1.82, 2.24) is 10.3 Å². The van der Waals surface area contributed by atoms with Crippen molar-refractivity contribution in [3.63, 3.8) is 0 Å². The van der Waals surface area contributed by atoms with Gasteiger partial charge in [-0.2, -0.15) is 18.2 Å². The van der Waals surface area contributed by atoms with Crippen molar-refractivity contribution in [3.05, 3.63) is 0 Å². The number of alkyl halides is 3. The van der Waals surface area contributed by atoms with Crippen LogP contribution in [0.3, 0.4) is 0 Å². The minimum Gasteiger partial charge on any atom is -0.379 e. The van der Waals surface area contributed by atoms with Gasteiger partial charge in [0, 0.05) is 6.54 Å². The van der Waals surface area contributed by atoms with Crippen LogP contribution in [0, 0.1) is 5.41 Å². The lowest BCUT2D eigenvalue weighted by Gasteiger charge is -2.16. The van der Waals surface area contributed by atoms with Gasteiger partial charge in [0.05, 0.1) is 0 Å². The molecule has 0 aromatic heterocycles. The average Bonchev–Trinajstić information content (AvgIpc) is 2.30. The van der Waals surface area contributed by atoms with Crippen LogP contribution in [-0.2, 0) is 0 Å². The minimum absolute atomic E-state index is 0.217. The molecule has 0 bridgehead atoms. The predicted octanol–water partition coefficient (Wildman–Crippen LogP) is 0.652. The van der Waals surface area contributed by atoms with Crippen molar-refractivity contribution in [3.8, 4) is 0 Å². The van der Waals surface area contributed by atoms with Gasteiger partial charge in [-0.05, 0) is 20.0 Å². The molecule has 0 amide bonds. The molecule has 0 saturated heterocycles. The minimum atomic E-state index is -4.74. The van der Waals surface area contributed by atoms with Gasteiger partial charge in [-0.25, -0.2) is 5.84 Å². The third-order valence-corrected chi connectivity index (χ3v) is 1.61. The molecular formula is C9H21F3N6. The van der Waals surface area contributed by atoms with E-state index in [0.29, 0.717) is 13.0 Å². The molecule has 0 rings (SSSR count). The van der Waals surface area contributed by atoms with Crippen molar-refractivity contribution < 1.29 is 13.2 Å². The zero-order valence-corrected chi connectivity index (χ0v) is 10.8. The lowest BCUT2D eigenvalue weighted by atomic mass is 10.4. The fourth-order valence-electron chi connectivity index (χ4n) is 0.774. The van der Waals surface area contributed by atoms with Crippen LogP contribution in [0.1, 0.15) is 20.3 Å². The van der Waals surface area contributed by atoms with E-state index in [4.69, 9.17) is 11.3 Å². The van der Waals surface area contributed by atoms with Gasteiger partial charge < -0.3 is 11.1 Å². The van der Waals surface area contributed by atoms with Gasteiger partial charge >= 0.3 is 6.18 Å². The number of hydrazine groups is 1. The fraction of sp³-hybridized carbons (Fsp3) is 0.778. The molecule has 9 heteroatoms. The van der Waals surface area contributed by atoms with Crippen molar-refractivity contribution in [2.75, 3.05) is 20.1 Å². The number of guanidine groups is 1. The molecule has 0 spiro atoms. The summed E-state index contributed by atoms with van der Waals surface area (Å²) < 4.78 is 35.9. The Morgan fingerprint density at radius 3 is 2.28 bits per heavy atom. The number of nitrogens with zero attached hydrogens (tertiary/aromatic N) is 2. The van der Waals surface area contributed by atoms with Gasteiger partial charge in [0.15, 0.2) is 0 Å². The van der Waals surface area contributed by atoms with Crippen LogP contribution in [0.5, 0.6) is 0 Å². The van der Waals surface area contributed by atoms with Crippen molar-refractivity contribution in [2.24, 2.45) is 16.6 Å². The molecule has 0 heterocycles. The zero-order chi connectivity index (χ0) is 14.8. The zero-order valence-electron chi connectivity index (χ0n) is 10.8. The number of aliphatic imine (C=N–C) groups is 1. The SMILES string of the molecule is CC.CNCCCN(N)C(=N)/N=C(\N)C(F)(F)F. The first kappa shape index (κ1) is 19.0. The van der Waals surface area contributed by atoms with Crippen molar-refractivity contribution >= 4 is 11.8 Å². The predicted molar refractivity (Wildman–Crippen MR) is 66.2 cm³/mol. The molecule has 0 atom stereocenters. The van der Waals surface area contributed by atoms with Crippen LogP contribution < -0.4 is 16.9 Å². The first-order valence-corrected chi connectivity index (χ1v) is 5.45.